The van der Waals surface area contributed by atoms with Gasteiger partial charge in [0, 0.05) is 38.8 Å². The molecule has 0 aromatic heterocycles. The van der Waals surface area contributed by atoms with Gasteiger partial charge in [-0.1, -0.05) is 0 Å². The lowest BCUT2D eigenvalue weighted by Gasteiger charge is -2.59. The maximum atomic E-state index is 11.5. The van der Waals surface area contributed by atoms with E-state index in [9.17, 15) is 13.2 Å². The summed E-state index contributed by atoms with van der Waals surface area (Å²) in [4.78, 5) is 14.8. The molecule has 0 aromatic carbocycles. The molecule has 8 heteroatoms. The summed E-state index contributed by atoms with van der Waals surface area (Å²) < 4.78 is 25.8. The lowest BCUT2D eigenvalue weighted by atomic mass is 9.61. The summed E-state index contributed by atoms with van der Waals surface area (Å²) in [6, 6.07) is 0.112. The van der Waals surface area contributed by atoms with Crippen LogP contribution in [0.5, 0.6) is 0 Å². The molecule has 3 fully saturated rings. The van der Waals surface area contributed by atoms with Gasteiger partial charge in [0.25, 0.3) is 0 Å². The Bertz CT molecular complexity index is 536. The standard InChI is InChI=1S/C14H25N3O4S/c1-2-22(20,21)15-12-5-14(6-12)9-16(10-14)7-11-3-4-17(8-11)13(18)19/h11-12,15H,2-10H2,1H3,(H,18,19)/t11-/m1/s1. The minimum atomic E-state index is -3.09. The van der Waals surface area contributed by atoms with Gasteiger partial charge in [-0.05, 0) is 37.5 Å². The van der Waals surface area contributed by atoms with Crippen molar-refractivity contribution in [1.82, 2.24) is 14.5 Å². The molecule has 0 aromatic rings. The maximum absolute atomic E-state index is 11.5. The summed E-state index contributed by atoms with van der Waals surface area (Å²) in [5, 5.41) is 8.97. The number of hydrogen-bond acceptors (Lipinski definition) is 4. The minimum Gasteiger partial charge on any atom is -0.465 e. The SMILES string of the molecule is CCS(=O)(=O)NC1CC2(C1)CN(C[C@H]1CCN(C(=O)O)C1)C2. The molecule has 1 spiro atoms. The molecule has 2 aliphatic heterocycles. The van der Waals surface area contributed by atoms with Crippen molar-refractivity contribution in [2.24, 2.45) is 11.3 Å². The zero-order chi connectivity index (χ0) is 16.0. The van der Waals surface area contributed by atoms with Crippen molar-refractivity contribution in [2.45, 2.75) is 32.2 Å². The summed E-state index contributed by atoms with van der Waals surface area (Å²) in [5.41, 5.74) is 0.312. The molecule has 2 N–H and O–H groups in total. The lowest BCUT2D eigenvalue weighted by molar-refractivity contribution is -0.0794. The predicted octanol–water partition coefficient (Wildman–Crippen LogP) is 0.390. The summed E-state index contributed by atoms with van der Waals surface area (Å²) in [5.74, 6) is 0.590. The van der Waals surface area contributed by atoms with Gasteiger partial charge >= 0.3 is 6.09 Å². The van der Waals surface area contributed by atoms with Crippen LogP contribution >= 0.6 is 0 Å². The molecule has 0 bridgehead atoms. The number of carbonyl (C=O) groups is 1. The molecule has 2 heterocycles. The highest BCUT2D eigenvalue weighted by Crippen LogP contribution is 2.48. The number of nitrogens with zero attached hydrogens (tertiary/aromatic N) is 2. The van der Waals surface area contributed by atoms with Crippen LogP contribution in [-0.2, 0) is 10.0 Å². The topological polar surface area (TPSA) is 90.0 Å². The first-order valence-corrected chi connectivity index (χ1v) is 9.66. The van der Waals surface area contributed by atoms with Crippen LogP contribution < -0.4 is 4.72 Å². The Morgan fingerprint density at radius 3 is 2.59 bits per heavy atom. The molecule has 22 heavy (non-hydrogen) atoms. The smallest absolute Gasteiger partial charge is 0.407 e. The van der Waals surface area contributed by atoms with E-state index < -0.39 is 16.1 Å². The third-order valence-electron chi connectivity index (χ3n) is 5.28. The molecule has 126 valence electrons. The van der Waals surface area contributed by atoms with Crippen molar-refractivity contribution < 1.29 is 18.3 Å². The molecule has 3 rings (SSSR count). The second-order valence-electron chi connectivity index (χ2n) is 7.18. The molecular formula is C14H25N3O4S. The monoisotopic (exact) mass is 331 g/mol. The van der Waals surface area contributed by atoms with Gasteiger partial charge in [-0.2, -0.15) is 0 Å². The van der Waals surface area contributed by atoms with E-state index in [0.717, 1.165) is 38.9 Å². The summed E-state index contributed by atoms with van der Waals surface area (Å²) >= 11 is 0. The van der Waals surface area contributed by atoms with Crippen molar-refractivity contribution in [2.75, 3.05) is 38.5 Å². The van der Waals surface area contributed by atoms with Crippen LogP contribution in [0.1, 0.15) is 26.2 Å². The maximum Gasteiger partial charge on any atom is 0.407 e. The largest absolute Gasteiger partial charge is 0.465 e. The van der Waals surface area contributed by atoms with E-state index in [1.165, 1.54) is 4.90 Å². The second-order valence-corrected chi connectivity index (χ2v) is 9.22. The van der Waals surface area contributed by atoms with Crippen LogP contribution in [0, 0.1) is 11.3 Å². The molecule has 1 aliphatic carbocycles. The minimum absolute atomic E-state index is 0.112. The molecule has 1 amide bonds. The molecule has 1 saturated carbocycles. The first-order chi connectivity index (χ1) is 10.3. The van der Waals surface area contributed by atoms with Crippen LogP contribution in [0.15, 0.2) is 0 Å². The Morgan fingerprint density at radius 2 is 2.05 bits per heavy atom. The predicted molar refractivity (Wildman–Crippen MR) is 82.2 cm³/mol. The molecule has 1 atom stereocenters. The van der Waals surface area contributed by atoms with Gasteiger partial charge in [-0.25, -0.2) is 17.9 Å². The first-order valence-electron chi connectivity index (χ1n) is 8.01. The fourth-order valence-electron chi connectivity index (χ4n) is 4.22. The normalized spacial score (nSPS) is 28.6. The number of hydrogen-bond donors (Lipinski definition) is 2. The third kappa shape index (κ3) is 3.23. The van der Waals surface area contributed by atoms with Gasteiger partial charge in [0.15, 0.2) is 0 Å². The van der Waals surface area contributed by atoms with Crippen molar-refractivity contribution >= 4 is 16.1 Å². The average molecular weight is 331 g/mol. The highest BCUT2D eigenvalue weighted by molar-refractivity contribution is 7.89. The average Bonchev–Trinajstić information content (AvgIpc) is 2.82. The molecule has 2 saturated heterocycles. The highest BCUT2D eigenvalue weighted by atomic mass is 32.2. The third-order valence-corrected chi connectivity index (χ3v) is 6.73. The van der Waals surface area contributed by atoms with Crippen LogP contribution in [-0.4, -0.2) is 73.9 Å². The number of carboxylic acid groups (broad SMARTS) is 1. The van der Waals surface area contributed by atoms with Gasteiger partial charge in [-0.15, -0.1) is 0 Å². The number of nitrogens with one attached hydrogen (secondary N) is 1. The van der Waals surface area contributed by atoms with Crippen molar-refractivity contribution in [1.29, 1.82) is 0 Å². The van der Waals surface area contributed by atoms with Crippen molar-refractivity contribution in [3.8, 4) is 0 Å². The van der Waals surface area contributed by atoms with E-state index in [-0.39, 0.29) is 11.8 Å². The number of rotatable bonds is 5. The summed E-state index contributed by atoms with van der Waals surface area (Å²) in [7, 11) is -3.09. The quantitative estimate of drug-likeness (QED) is 0.761. The fourth-order valence-corrected chi connectivity index (χ4v) is 5.06. The number of amides is 1. The molecule has 7 nitrogen and oxygen atoms in total. The number of sulfonamides is 1. The molecule has 0 radical (unpaired) electrons. The Balaban J connectivity index is 1.37. The Morgan fingerprint density at radius 1 is 1.36 bits per heavy atom. The van der Waals surface area contributed by atoms with Gasteiger partial charge in [0.2, 0.25) is 10.0 Å². The van der Waals surface area contributed by atoms with Crippen LogP contribution in [0.3, 0.4) is 0 Å². The summed E-state index contributed by atoms with van der Waals surface area (Å²) in [6.45, 7) is 5.99. The Hall–Kier alpha value is -0.860. The van der Waals surface area contributed by atoms with Crippen LogP contribution in [0.4, 0.5) is 4.79 Å². The van der Waals surface area contributed by atoms with E-state index >= 15 is 0 Å². The van der Waals surface area contributed by atoms with Gasteiger partial charge in [-0.3, -0.25) is 0 Å². The van der Waals surface area contributed by atoms with Gasteiger partial charge in [0.05, 0.1) is 5.75 Å². The van der Waals surface area contributed by atoms with E-state index in [2.05, 4.69) is 9.62 Å². The zero-order valence-electron chi connectivity index (χ0n) is 13.0. The Kier molecular flexibility index (Phi) is 4.11. The van der Waals surface area contributed by atoms with E-state index in [0.29, 0.717) is 24.4 Å². The van der Waals surface area contributed by atoms with E-state index in [4.69, 9.17) is 5.11 Å². The zero-order valence-corrected chi connectivity index (χ0v) is 13.8. The van der Waals surface area contributed by atoms with Crippen molar-refractivity contribution in [3.05, 3.63) is 0 Å². The summed E-state index contributed by atoms with van der Waals surface area (Å²) in [6.07, 6.45) is 2.02. The highest BCUT2D eigenvalue weighted by Gasteiger charge is 2.53. The van der Waals surface area contributed by atoms with Crippen molar-refractivity contribution in [3.63, 3.8) is 0 Å². The van der Waals surface area contributed by atoms with E-state index in [1.54, 1.807) is 6.92 Å². The fraction of sp³-hybridized carbons (Fsp3) is 0.929. The molecular weight excluding hydrogens is 306 g/mol. The number of likely N-dealkylation sites (tertiary alicyclic amines) is 2. The van der Waals surface area contributed by atoms with Crippen LogP contribution in [0.2, 0.25) is 0 Å². The molecule has 0 unspecified atom stereocenters. The van der Waals surface area contributed by atoms with E-state index in [1.807, 2.05) is 0 Å². The van der Waals surface area contributed by atoms with Gasteiger partial charge < -0.3 is 14.9 Å². The molecule has 3 aliphatic rings. The second kappa shape index (κ2) is 5.65. The first kappa shape index (κ1) is 16.0. The van der Waals surface area contributed by atoms with Crippen LogP contribution in [0.25, 0.3) is 0 Å². The lowest BCUT2D eigenvalue weighted by Crippen LogP contribution is -2.67. The van der Waals surface area contributed by atoms with Gasteiger partial charge in [0.1, 0.15) is 0 Å². The Labute approximate surface area is 131 Å².